The maximum absolute atomic E-state index is 13.1. The monoisotopic (exact) mass is 479 g/mol. The SMILES string of the molecule is CC(Sc1nc2scc(-c3ccc4c(c3)CCCC4)c2c(=O)[nH]1)C(=O)Nc1ccc(F)cc1. The minimum atomic E-state index is -0.504. The van der Waals surface area contributed by atoms with Crippen molar-refractivity contribution < 1.29 is 9.18 Å². The van der Waals surface area contributed by atoms with Gasteiger partial charge in [-0.2, -0.15) is 0 Å². The van der Waals surface area contributed by atoms with Gasteiger partial charge in [0.25, 0.3) is 5.56 Å². The highest BCUT2D eigenvalue weighted by atomic mass is 32.2. The zero-order valence-corrected chi connectivity index (χ0v) is 19.6. The number of amides is 1. The van der Waals surface area contributed by atoms with Crippen molar-refractivity contribution >= 4 is 44.9 Å². The van der Waals surface area contributed by atoms with Crippen LogP contribution in [-0.4, -0.2) is 21.1 Å². The number of nitrogens with zero attached hydrogens (tertiary/aromatic N) is 1. The van der Waals surface area contributed by atoms with Crippen molar-refractivity contribution in [2.24, 2.45) is 0 Å². The number of thioether (sulfide) groups is 1. The van der Waals surface area contributed by atoms with Gasteiger partial charge >= 0.3 is 0 Å². The third-order valence-corrected chi connectivity index (χ3v) is 7.71. The third kappa shape index (κ3) is 4.58. The van der Waals surface area contributed by atoms with Crippen LogP contribution in [0.15, 0.2) is 57.8 Å². The standard InChI is InChI=1S/C25H22FN3O2S2/c1-14(22(30)27-19-10-8-18(26)9-11-19)33-25-28-23(31)21-20(13-32-24(21)29-25)17-7-6-15-4-2-3-5-16(15)12-17/h6-14H,2-5H2,1H3,(H,27,30)(H,28,29,31). The maximum atomic E-state index is 13.1. The Hall–Kier alpha value is -2.97. The van der Waals surface area contributed by atoms with E-state index in [1.807, 2.05) is 5.38 Å². The molecule has 1 atom stereocenters. The summed E-state index contributed by atoms with van der Waals surface area (Å²) in [5.74, 6) is -0.619. The number of hydrogen-bond donors (Lipinski definition) is 2. The molecule has 2 heterocycles. The number of aromatic nitrogens is 2. The second-order valence-electron chi connectivity index (χ2n) is 8.15. The minimum Gasteiger partial charge on any atom is -0.325 e. The van der Waals surface area contributed by atoms with Crippen molar-refractivity contribution in [1.82, 2.24) is 9.97 Å². The van der Waals surface area contributed by atoms with Crippen LogP contribution in [0.3, 0.4) is 0 Å². The van der Waals surface area contributed by atoms with Gasteiger partial charge in [0.2, 0.25) is 5.91 Å². The number of carbonyl (C=O) groups is 1. The Morgan fingerprint density at radius 3 is 2.70 bits per heavy atom. The number of aromatic amines is 1. The molecule has 0 bridgehead atoms. The van der Waals surface area contributed by atoms with Crippen molar-refractivity contribution in [2.45, 2.75) is 43.0 Å². The number of aryl methyl sites for hydroxylation is 2. The van der Waals surface area contributed by atoms with E-state index in [2.05, 4.69) is 33.5 Å². The molecule has 2 aromatic heterocycles. The molecule has 1 amide bonds. The number of nitrogens with one attached hydrogen (secondary N) is 2. The van der Waals surface area contributed by atoms with Crippen LogP contribution in [-0.2, 0) is 17.6 Å². The molecule has 0 radical (unpaired) electrons. The molecule has 4 aromatic rings. The number of rotatable bonds is 5. The minimum absolute atomic E-state index is 0.206. The van der Waals surface area contributed by atoms with Crippen molar-refractivity contribution in [1.29, 1.82) is 0 Å². The van der Waals surface area contributed by atoms with Gasteiger partial charge < -0.3 is 10.3 Å². The zero-order chi connectivity index (χ0) is 22.9. The predicted octanol–water partition coefficient (Wildman–Crippen LogP) is 5.79. The largest absolute Gasteiger partial charge is 0.325 e. The second-order valence-corrected chi connectivity index (χ2v) is 10.3. The van der Waals surface area contributed by atoms with Gasteiger partial charge in [-0.3, -0.25) is 9.59 Å². The fourth-order valence-electron chi connectivity index (χ4n) is 4.10. The molecule has 33 heavy (non-hydrogen) atoms. The lowest BCUT2D eigenvalue weighted by atomic mass is 9.89. The molecule has 0 saturated heterocycles. The zero-order valence-electron chi connectivity index (χ0n) is 18.0. The van der Waals surface area contributed by atoms with E-state index in [-0.39, 0.29) is 17.3 Å². The molecule has 0 saturated carbocycles. The van der Waals surface area contributed by atoms with Crippen LogP contribution in [0.25, 0.3) is 21.3 Å². The Bertz CT molecular complexity index is 1400. The van der Waals surface area contributed by atoms with E-state index in [1.165, 1.54) is 71.3 Å². The molecule has 1 unspecified atom stereocenters. The summed E-state index contributed by atoms with van der Waals surface area (Å²) in [7, 11) is 0. The normalized spacial score (nSPS) is 14.1. The molecule has 1 aliphatic carbocycles. The van der Waals surface area contributed by atoms with Crippen LogP contribution in [0.2, 0.25) is 0 Å². The number of H-pyrrole nitrogens is 1. The second kappa shape index (κ2) is 9.11. The first kappa shape index (κ1) is 21.9. The molecule has 8 heteroatoms. The lowest BCUT2D eigenvalue weighted by molar-refractivity contribution is -0.115. The number of thiophene rings is 1. The fraction of sp³-hybridized carbons (Fsp3) is 0.240. The van der Waals surface area contributed by atoms with Crippen LogP contribution >= 0.6 is 23.1 Å². The molecule has 0 spiro atoms. The number of carbonyl (C=O) groups excluding carboxylic acids is 1. The molecule has 5 nitrogen and oxygen atoms in total. The Morgan fingerprint density at radius 1 is 1.15 bits per heavy atom. The van der Waals surface area contributed by atoms with Gasteiger partial charge in [-0.1, -0.05) is 30.0 Å². The van der Waals surface area contributed by atoms with E-state index in [9.17, 15) is 14.0 Å². The third-order valence-electron chi connectivity index (χ3n) is 5.85. The lowest BCUT2D eigenvalue weighted by Crippen LogP contribution is -2.23. The first-order valence-corrected chi connectivity index (χ1v) is 12.6. The number of halogens is 1. The number of fused-ring (bicyclic) bond motifs is 2. The van der Waals surface area contributed by atoms with Gasteiger partial charge in [-0.05, 0) is 73.6 Å². The van der Waals surface area contributed by atoms with Crippen LogP contribution in [0.5, 0.6) is 0 Å². The van der Waals surface area contributed by atoms with Gasteiger partial charge in [0, 0.05) is 16.6 Å². The number of anilines is 1. The van der Waals surface area contributed by atoms with E-state index < -0.39 is 5.25 Å². The van der Waals surface area contributed by atoms with Gasteiger partial charge in [0.1, 0.15) is 10.6 Å². The Balaban J connectivity index is 1.37. The summed E-state index contributed by atoms with van der Waals surface area (Å²) in [5.41, 5.74) is 5.03. The van der Waals surface area contributed by atoms with E-state index in [0.29, 0.717) is 21.1 Å². The van der Waals surface area contributed by atoms with Gasteiger partial charge in [0.05, 0.1) is 10.6 Å². The highest BCUT2D eigenvalue weighted by molar-refractivity contribution is 8.00. The summed E-state index contributed by atoms with van der Waals surface area (Å²) >= 11 is 2.61. The van der Waals surface area contributed by atoms with E-state index in [4.69, 9.17) is 0 Å². The molecule has 2 aromatic carbocycles. The summed E-state index contributed by atoms with van der Waals surface area (Å²) in [6.45, 7) is 1.74. The summed E-state index contributed by atoms with van der Waals surface area (Å²) in [6, 6.07) is 12.1. The highest BCUT2D eigenvalue weighted by Crippen LogP contribution is 2.34. The average molecular weight is 480 g/mol. The Morgan fingerprint density at radius 2 is 1.91 bits per heavy atom. The smallest absolute Gasteiger partial charge is 0.260 e. The number of hydrogen-bond acceptors (Lipinski definition) is 5. The summed E-state index contributed by atoms with van der Waals surface area (Å²) in [6.07, 6.45) is 4.64. The summed E-state index contributed by atoms with van der Waals surface area (Å²) in [4.78, 5) is 33.6. The highest BCUT2D eigenvalue weighted by Gasteiger charge is 2.19. The van der Waals surface area contributed by atoms with E-state index in [0.717, 1.165) is 24.0 Å². The Kier molecular flexibility index (Phi) is 6.03. The van der Waals surface area contributed by atoms with Crippen LogP contribution in [0.1, 0.15) is 30.9 Å². The van der Waals surface area contributed by atoms with Crippen LogP contribution in [0.4, 0.5) is 10.1 Å². The molecule has 0 fully saturated rings. The van der Waals surface area contributed by atoms with E-state index in [1.54, 1.807) is 6.92 Å². The quantitative estimate of drug-likeness (QED) is 0.281. The van der Waals surface area contributed by atoms with Crippen molar-refractivity contribution in [2.75, 3.05) is 5.32 Å². The number of benzene rings is 2. The first-order chi connectivity index (χ1) is 16.0. The molecule has 0 aliphatic heterocycles. The molecule has 2 N–H and O–H groups in total. The molecular formula is C25H22FN3O2S2. The summed E-state index contributed by atoms with van der Waals surface area (Å²) in [5, 5.41) is 5.21. The lowest BCUT2D eigenvalue weighted by Gasteiger charge is -2.16. The van der Waals surface area contributed by atoms with E-state index >= 15 is 0 Å². The molecule has 5 rings (SSSR count). The topological polar surface area (TPSA) is 74.8 Å². The molecule has 168 valence electrons. The average Bonchev–Trinajstić information content (AvgIpc) is 3.25. The maximum Gasteiger partial charge on any atom is 0.260 e. The van der Waals surface area contributed by atoms with Crippen LogP contribution < -0.4 is 10.9 Å². The molecule has 1 aliphatic rings. The van der Waals surface area contributed by atoms with Gasteiger partial charge in [-0.25, -0.2) is 9.37 Å². The van der Waals surface area contributed by atoms with Crippen molar-refractivity contribution in [3.8, 4) is 11.1 Å². The molecular weight excluding hydrogens is 457 g/mol. The van der Waals surface area contributed by atoms with Crippen LogP contribution in [0, 0.1) is 5.82 Å². The predicted molar refractivity (Wildman–Crippen MR) is 133 cm³/mol. The first-order valence-electron chi connectivity index (χ1n) is 10.8. The Labute approximate surface area is 198 Å². The van der Waals surface area contributed by atoms with Crippen molar-refractivity contribution in [3.63, 3.8) is 0 Å². The van der Waals surface area contributed by atoms with Crippen molar-refractivity contribution in [3.05, 3.63) is 75.1 Å². The van der Waals surface area contributed by atoms with Gasteiger partial charge in [0.15, 0.2) is 5.16 Å². The fourth-order valence-corrected chi connectivity index (χ4v) is 5.90. The van der Waals surface area contributed by atoms with Gasteiger partial charge in [-0.15, -0.1) is 11.3 Å². The summed E-state index contributed by atoms with van der Waals surface area (Å²) < 4.78 is 13.1.